The Morgan fingerprint density at radius 3 is 2.71 bits per heavy atom. The van der Waals surface area contributed by atoms with Crippen molar-refractivity contribution in [2.75, 3.05) is 33.2 Å². The number of hydrazone groups is 1. The normalized spacial score (nSPS) is 17.9. The first-order valence-corrected chi connectivity index (χ1v) is 5.62. The Balaban J connectivity index is 2.03. The van der Waals surface area contributed by atoms with Crippen molar-refractivity contribution in [1.82, 2.24) is 9.91 Å². The monoisotopic (exact) mass is 237 g/mol. The van der Waals surface area contributed by atoms with Gasteiger partial charge in [-0.2, -0.15) is 5.10 Å². The van der Waals surface area contributed by atoms with Crippen LogP contribution in [0.5, 0.6) is 5.75 Å². The van der Waals surface area contributed by atoms with Crippen molar-refractivity contribution in [3.05, 3.63) is 29.6 Å². The molecule has 0 saturated carbocycles. The molecule has 0 radical (unpaired) electrons. The average molecular weight is 237 g/mol. The topological polar surface area (TPSA) is 39.1 Å². The number of rotatable bonds is 2. The Morgan fingerprint density at radius 1 is 1.29 bits per heavy atom. The molecule has 0 spiro atoms. The summed E-state index contributed by atoms with van der Waals surface area (Å²) in [7, 11) is 2.07. The second-order valence-corrected chi connectivity index (χ2v) is 4.18. The highest BCUT2D eigenvalue weighted by atomic mass is 19.1. The molecule has 1 aromatic carbocycles. The number of para-hydroxylation sites is 1. The summed E-state index contributed by atoms with van der Waals surface area (Å²) in [5.74, 6) is -0.960. The molecular weight excluding hydrogens is 221 g/mol. The van der Waals surface area contributed by atoms with E-state index in [1.807, 2.05) is 5.01 Å². The number of hydrogen-bond acceptors (Lipinski definition) is 4. The number of nitrogens with zero attached hydrogens (tertiary/aromatic N) is 3. The molecule has 1 fully saturated rings. The summed E-state index contributed by atoms with van der Waals surface area (Å²) < 4.78 is 13.1. The molecule has 4 nitrogen and oxygen atoms in total. The highest BCUT2D eigenvalue weighted by Gasteiger charge is 2.11. The number of aromatic hydroxyl groups is 1. The molecule has 0 aliphatic carbocycles. The standard InChI is InChI=1S/C12H16FN3O/c1-15-5-7-16(8-6-15)14-9-10-3-2-4-11(13)12(10)17/h2-4,9,17H,5-8H2,1H3. The minimum absolute atomic E-state index is 0.342. The molecule has 0 amide bonds. The number of likely N-dealkylation sites (N-methyl/N-ethyl adjacent to an activating group) is 1. The fourth-order valence-electron chi connectivity index (χ4n) is 1.69. The molecule has 0 atom stereocenters. The lowest BCUT2D eigenvalue weighted by Gasteiger charge is -2.30. The second-order valence-electron chi connectivity index (χ2n) is 4.18. The zero-order valence-electron chi connectivity index (χ0n) is 9.80. The lowest BCUT2D eigenvalue weighted by molar-refractivity contribution is 0.159. The minimum Gasteiger partial charge on any atom is -0.504 e. The smallest absolute Gasteiger partial charge is 0.165 e. The first-order valence-electron chi connectivity index (χ1n) is 5.62. The van der Waals surface area contributed by atoms with E-state index in [9.17, 15) is 9.50 Å². The van der Waals surface area contributed by atoms with Gasteiger partial charge in [0.1, 0.15) is 0 Å². The van der Waals surface area contributed by atoms with Crippen molar-refractivity contribution in [3.8, 4) is 5.75 Å². The number of phenolic OH excluding ortho intramolecular Hbond substituents is 1. The molecule has 92 valence electrons. The average Bonchev–Trinajstić information content (AvgIpc) is 2.33. The van der Waals surface area contributed by atoms with E-state index in [-0.39, 0.29) is 5.75 Å². The molecule has 2 rings (SSSR count). The van der Waals surface area contributed by atoms with Gasteiger partial charge in [0.05, 0.1) is 6.21 Å². The van der Waals surface area contributed by atoms with Crippen molar-refractivity contribution < 1.29 is 9.50 Å². The van der Waals surface area contributed by atoms with E-state index in [0.717, 1.165) is 26.2 Å². The summed E-state index contributed by atoms with van der Waals surface area (Å²) in [5.41, 5.74) is 0.406. The van der Waals surface area contributed by atoms with Crippen molar-refractivity contribution in [2.24, 2.45) is 5.10 Å². The fourth-order valence-corrected chi connectivity index (χ4v) is 1.69. The zero-order chi connectivity index (χ0) is 12.3. The molecule has 0 unspecified atom stereocenters. The SMILES string of the molecule is CN1CCN(N=Cc2cccc(F)c2O)CC1. The number of piperazine rings is 1. The van der Waals surface area contributed by atoms with Crippen LogP contribution in [0.4, 0.5) is 4.39 Å². The molecule has 0 bridgehead atoms. The van der Waals surface area contributed by atoms with Crippen LogP contribution in [-0.4, -0.2) is 54.5 Å². The summed E-state index contributed by atoms with van der Waals surface area (Å²) in [4.78, 5) is 2.23. The van der Waals surface area contributed by atoms with E-state index < -0.39 is 5.82 Å². The van der Waals surface area contributed by atoms with Crippen molar-refractivity contribution in [2.45, 2.75) is 0 Å². The molecule has 1 aromatic rings. The van der Waals surface area contributed by atoms with Gasteiger partial charge in [0.15, 0.2) is 11.6 Å². The van der Waals surface area contributed by atoms with E-state index in [2.05, 4.69) is 17.0 Å². The van der Waals surface area contributed by atoms with Gasteiger partial charge in [-0.3, -0.25) is 5.01 Å². The van der Waals surface area contributed by atoms with Gasteiger partial charge in [0.2, 0.25) is 0 Å². The van der Waals surface area contributed by atoms with E-state index >= 15 is 0 Å². The van der Waals surface area contributed by atoms with Gasteiger partial charge in [-0.25, -0.2) is 4.39 Å². The van der Waals surface area contributed by atoms with Crippen LogP contribution in [0.15, 0.2) is 23.3 Å². The minimum atomic E-state index is -0.618. The van der Waals surface area contributed by atoms with Gasteiger partial charge in [-0.05, 0) is 19.2 Å². The van der Waals surface area contributed by atoms with Crippen LogP contribution in [-0.2, 0) is 0 Å². The van der Waals surface area contributed by atoms with Gasteiger partial charge in [-0.1, -0.05) is 6.07 Å². The Morgan fingerprint density at radius 2 is 2.00 bits per heavy atom. The molecule has 17 heavy (non-hydrogen) atoms. The molecule has 1 heterocycles. The van der Waals surface area contributed by atoms with Gasteiger partial charge < -0.3 is 10.0 Å². The summed E-state index contributed by atoms with van der Waals surface area (Å²) in [6.07, 6.45) is 1.50. The Kier molecular flexibility index (Phi) is 3.58. The van der Waals surface area contributed by atoms with E-state index in [0.29, 0.717) is 5.56 Å². The third-order valence-corrected chi connectivity index (χ3v) is 2.86. The van der Waals surface area contributed by atoms with Gasteiger partial charge in [0.25, 0.3) is 0 Å². The Labute approximate surface area is 100.0 Å². The van der Waals surface area contributed by atoms with Crippen LogP contribution in [0.1, 0.15) is 5.56 Å². The van der Waals surface area contributed by atoms with Gasteiger partial charge >= 0.3 is 0 Å². The summed E-state index contributed by atoms with van der Waals surface area (Å²) in [6.45, 7) is 3.63. The van der Waals surface area contributed by atoms with Crippen LogP contribution >= 0.6 is 0 Å². The zero-order valence-corrected chi connectivity index (χ0v) is 9.80. The molecule has 5 heteroatoms. The summed E-state index contributed by atoms with van der Waals surface area (Å²) >= 11 is 0. The highest BCUT2D eigenvalue weighted by molar-refractivity contribution is 5.83. The molecule has 1 aliphatic heterocycles. The quantitative estimate of drug-likeness (QED) is 0.783. The fraction of sp³-hybridized carbons (Fsp3) is 0.417. The summed E-state index contributed by atoms with van der Waals surface area (Å²) in [5, 5.41) is 15.6. The second kappa shape index (κ2) is 5.14. The maximum atomic E-state index is 13.1. The van der Waals surface area contributed by atoms with Crippen LogP contribution in [0.25, 0.3) is 0 Å². The predicted molar refractivity (Wildman–Crippen MR) is 64.7 cm³/mol. The largest absolute Gasteiger partial charge is 0.504 e. The predicted octanol–water partition coefficient (Wildman–Crippen LogP) is 1.11. The number of phenols is 1. The maximum absolute atomic E-state index is 13.1. The third kappa shape index (κ3) is 2.94. The van der Waals surface area contributed by atoms with Crippen molar-refractivity contribution in [3.63, 3.8) is 0 Å². The third-order valence-electron chi connectivity index (χ3n) is 2.86. The van der Waals surface area contributed by atoms with Crippen LogP contribution in [0.3, 0.4) is 0 Å². The molecule has 1 saturated heterocycles. The molecule has 1 N–H and O–H groups in total. The Hall–Kier alpha value is -1.62. The molecule has 0 aromatic heterocycles. The van der Waals surface area contributed by atoms with Crippen LogP contribution in [0, 0.1) is 5.82 Å². The maximum Gasteiger partial charge on any atom is 0.165 e. The van der Waals surface area contributed by atoms with E-state index in [4.69, 9.17) is 0 Å². The van der Waals surface area contributed by atoms with Crippen molar-refractivity contribution in [1.29, 1.82) is 0 Å². The van der Waals surface area contributed by atoms with Gasteiger partial charge in [0, 0.05) is 31.7 Å². The number of halogens is 1. The van der Waals surface area contributed by atoms with Crippen molar-refractivity contribution >= 4 is 6.21 Å². The lowest BCUT2D eigenvalue weighted by atomic mass is 10.2. The summed E-state index contributed by atoms with van der Waals surface area (Å²) in [6, 6.07) is 4.42. The first kappa shape index (κ1) is 11.9. The molecular formula is C12H16FN3O. The Bertz CT molecular complexity index is 414. The van der Waals surface area contributed by atoms with Gasteiger partial charge in [-0.15, -0.1) is 0 Å². The number of hydrogen-bond donors (Lipinski definition) is 1. The van der Waals surface area contributed by atoms with E-state index in [1.165, 1.54) is 12.3 Å². The molecule has 1 aliphatic rings. The first-order chi connectivity index (χ1) is 8.16. The van der Waals surface area contributed by atoms with Crippen LogP contribution in [0.2, 0.25) is 0 Å². The highest BCUT2D eigenvalue weighted by Crippen LogP contribution is 2.18. The van der Waals surface area contributed by atoms with E-state index in [1.54, 1.807) is 12.1 Å². The lowest BCUT2D eigenvalue weighted by Crippen LogP contribution is -2.41. The van der Waals surface area contributed by atoms with Crippen LogP contribution < -0.4 is 0 Å². The number of benzene rings is 1.